The second kappa shape index (κ2) is 10.8. The molecule has 0 N–H and O–H groups in total. The predicted molar refractivity (Wildman–Crippen MR) is 138 cm³/mol. The molecule has 0 unspecified atom stereocenters. The number of nitrogens with zero attached hydrogens (tertiary/aromatic N) is 1. The molecule has 0 saturated carbocycles. The van der Waals surface area contributed by atoms with Crippen LogP contribution in [0.5, 0.6) is 11.5 Å². The number of carbonyl (C=O) groups is 3. The molecule has 0 atom stereocenters. The lowest BCUT2D eigenvalue weighted by molar-refractivity contribution is -0.142. The molecular formula is C29H31NO6. The van der Waals surface area contributed by atoms with E-state index in [-0.39, 0.29) is 18.0 Å². The third-order valence-electron chi connectivity index (χ3n) is 6.00. The average Bonchev–Trinajstić information content (AvgIpc) is 3.11. The molecule has 1 heterocycles. The maximum Gasteiger partial charge on any atom is 0.310 e. The Labute approximate surface area is 210 Å². The molecule has 1 aliphatic rings. The summed E-state index contributed by atoms with van der Waals surface area (Å²) in [5.74, 6) is -0.221. The van der Waals surface area contributed by atoms with E-state index in [0.717, 1.165) is 23.8 Å². The first-order valence-electron chi connectivity index (χ1n) is 12.4. The molecule has 4 rings (SSSR count). The molecule has 0 bridgehead atoms. The first-order valence-corrected chi connectivity index (χ1v) is 12.4. The van der Waals surface area contributed by atoms with Crippen molar-refractivity contribution < 1.29 is 28.6 Å². The summed E-state index contributed by atoms with van der Waals surface area (Å²) in [5, 5.41) is 1.39. The van der Waals surface area contributed by atoms with Crippen LogP contribution in [-0.4, -0.2) is 37.6 Å². The molecule has 7 nitrogen and oxygen atoms in total. The maximum atomic E-state index is 13.9. The summed E-state index contributed by atoms with van der Waals surface area (Å²) in [4.78, 5) is 40.8. The van der Waals surface area contributed by atoms with Crippen LogP contribution in [0.3, 0.4) is 0 Å². The lowest BCUT2D eigenvalue weighted by Gasteiger charge is -2.17. The molecule has 1 aliphatic heterocycles. The Balaban J connectivity index is 1.83. The second-order valence-electron chi connectivity index (χ2n) is 8.72. The second-order valence-corrected chi connectivity index (χ2v) is 8.72. The Bertz CT molecular complexity index is 1330. The van der Waals surface area contributed by atoms with E-state index < -0.39 is 11.8 Å². The molecule has 7 heteroatoms. The van der Waals surface area contributed by atoms with Crippen molar-refractivity contribution in [2.24, 2.45) is 0 Å². The number of hydrogen-bond donors (Lipinski definition) is 0. The van der Waals surface area contributed by atoms with Crippen LogP contribution in [0.4, 0.5) is 5.69 Å². The molecule has 188 valence electrons. The predicted octanol–water partition coefficient (Wildman–Crippen LogP) is 5.63. The molecule has 3 aromatic rings. The summed E-state index contributed by atoms with van der Waals surface area (Å²) in [6.07, 6.45) is 1.70. The minimum Gasteiger partial charge on any atom is -0.493 e. The Kier molecular flexibility index (Phi) is 7.58. The van der Waals surface area contributed by atoms with Crippen LogP contribution < -0.4 is 14.4 Å². The number of anilines is 1. The van der Waals surface area contributed by atoms with Crippen LogP contribution in [0.2, 0.25) is 0 Å². The highest BCUT2D eigenvalue weighted by molar-refractivity contribution is 6.39. The normalized spacial score (nSPS) is 12.7. The lowest BCUT2D eigenvalue weighted by atomic mass is 9.98. The van der Waals surface area contributed by atoms with E-state index in [0.29, 0.717) is 53.5 Å². The molecule has 3 aromatic carbocycles. The van der Waals surface area contributed by atoms with Crippen molar-refractivity contribution in [1.29, 1.82) is 0 Å². The van der Waals surface area contributed by atoms with Gasteiger partial charge in [0.05, 0.1) is 43.1 Å². The number of benzene rings is 3. The van der Waals surface area contributed by atoms with Gasteiger partial charge < -0.3 is 14.2 Å². The van der Waals surface area contributed by atoms with E-state index in [1.54, 1.807) is 25.1 Å². The van der Waals surface area contributed by atoms with Crippen LogP contribution in [0, 0.1) is 6.92 Å². The van der Waals surface area contributed by atoms with Gasteiger partial charge >= 0.3 is 5.97 Å². The number of hydrogen-bond acceptors (Lipinski definition) is 6. The van der Waals surface area contributed by atoms with Crippen molar-refractivity contribution in [1.82, 2.24) is 0 Å². The van der Waals surface area contributed by atoms with Gasteiger partial charge in [-0.2, -0.15) is 0 Å². The molecule has 36 heavy (non-hydrogen) atoms. The SMILES string of the molecule is CCCOc1cc2cccc(OCCC)c2c2c1C(=O)N(c1ccc(CC(=O)OCC)cc1C)C2=O. The average molecular weight is 490 g/mol. The van der Waals surface area contributed by atoms with Crippen molar-refractivity contribution in [3.63, 3.8) is 0 Å². The first-order chi connectivity index (χ1) is 17.4. The molecule has 0 saturated heterocycles. The number of esters is 1. The van der Waals surface area contributed by atoms with E-state index in [1.807, 2.05) is 45.0 Å². The third-order valence-corrected chi connectivity index (χ3v) is 6.00. The number of ether oxygens (including phenoxy) is 3. The Morgan fingerprint density at radius 2 is 1.56 bits per heavy atom. The van der Waals surface area contributed by atoms with Crippen LogP contribution >= 0.6 is 0 Å². The number of fused-ring (bicyclic) bond motifs is 3. The van der Waals surface area contributed by atoms with Gasteiger partial charge in [-0.25, -0.2) is 4.90 Å². The van der Waals surface area contributed by atoms with Crippen LogP contribution in [-0.2, 0) is 16.0 Å². The van der Waals surface area contributed by atoms with Crippen molar-refractivity contribution in [2.75, 3.05) is 24.7 Å². The van der Waals surface area contributed by atoms with Gasteiger partial charge in [-0.1, -0.05) is 38.1 Å². The fourth-order valence-corrected chi connectivity index (χ4v) is 4.47. The van der Waals surface area contributed by atoms with Gasteiger partial charge in [-0.15, -0.1) is 0 Å². The molecule has 0 aliphatic carbocycles. The first kappa shape index (κ1) is 25.2. The summed E-state index contributed by atoms with van der Waals surface area (Å²) >= 11 is 0. The number of imide groups is 1. The van der Waals surface area contributed by atoms with Gasteiger partial charge in [0.25, 0.3) is 11.8 Å². The van der Waals surface area contributed by atoms with Gasteiger partial charge in [-0.05, 0) is 61.4 Å². The summed E-state index contributed by atoms with van der Waals surface area (Å²) in [6.45, 7) is 8.80. The zero-order valence-electron chi connectivity index (χ0n) is 21.2. The van der Waals surface area contributed by atoms with Crippen LogP contribution in [0.15, 0.2) is 42.5 Å². The maximum absolute atomic E-state index is 13.9. The van der Waals surface area contributed by atoms with Gasteiger partial charge in [0.1, 0.15) is 11.5 Å². The highest BCUT2D eigenvalue weighted by Gasteiger charge is 2.42. The minimum absolute atomic E-state index is 0.120. The molecule has 0 aromatic heterocycles. The lowest BCUT2D eigenvalue weighted by Crippen LogP contribution is -2.30. The smallest absolute Gasteiger partial charge is 0.310 e. The van der Waals surface area contributed by atoms with E-state index in [9.17, 15) is 14.4 Å². The third kappa shape index (κ3) is 4.65. The Hall–Kier alpha value is -3.87. The van der Waals surface area contributed by atoms with Gasteiger partial charge in [0.2, 0.25) is 0 Å². The molecule has 2 amide bonds. The summed E-state index contributed by atoms with van der Waals surface area (Å²) in [7, 11) is 0. The van der Waals surface area contributed by atoms with Crippen molar-refractivity contribution in [3.8, 4) is 11.5 Å². The Morgan fingerprint density at radius 3 is 2.22 bits per heavy atom. The van der Waals surface area contributed by atoms with Crippen LogP contribution in [0.1, 0.15) is 65.5 Å². The van der Waals surface area contributed by atoms with Crippen molar-refractivity contribution >= 4 is 34.2 Å². The summed E-state index contributed by atoms with van der Waals surface area (Å²) in [5.41, 5.74) is 2.47. The minimum atomic E-state index is -0.436. The van der Waals surface area contributed by atoms with E-state index >= 15 is 0 Å². The number of rotatable bonds is 10. The fraction of sp³-hybridized carbons (Fsp3) is 0.345. The molecule has 0 spiro atoms. The number of amides is 2. The molecule has 0 radical (unpaired) electrons. The zero-order chi connectivity index (χ0) is 25.8. The van der Waals surface area contributed by atoms with E-state index in [1.165, 1.54) is 4.90 Å². The van der Waals surface area contributed by atoms with Gasteiger partial charge in [-0.3, -0.25) is 14.4 Å². The van der Waals surface area contributed by atoms with E-state index in [4.69, 9.17) is 14.2 Å². The standard InChI is InChI=1S/C29H31NO6/c1-5-13-35-22-10-8-9-20-17-23(36-14-6-2)26-27(25(20)22)29(33)30(28(26)32)21-12-11-19(15-18(21)4)16-24(31)34-7-3/h8-12,15,17H,5-7,13-14,16H2,1-4H3. The van der Waals surface area contributed by atoms with E-state index in [2.05, 4.69) is 0 Å². The quantitative estimate of drug-likeness (QED) is 0.271. The van der Waals surface area contributed by atoms with Crippen LogP contribution in [0.25, 0.3) is 10.8 Å². The summed E-state index contributed by atoms with van der Waals surface area (Å²) in [6, 6.07) is 12.6. The molecular weight excluding hydrogens is 458 g/mol. The Morgan fingerprint density at radius 1 is 0.861 bits per heavy atom. The van der Waals surface area contributed by atoms with Gasteiger partial charge in [0.15, 0.2) is 0 Å². The zero-order valence-corrected chi connectivity index (χ0v) is 21.2. The van der Waals surface area contributed by atoms with Crippen molar-refractivity contribution in [2.45, 2.75) is 47.0 Å². The highest BCUT2D eigenvalue weighted by atomic mass is 16.5. The highest BCUT2D eigenvalue weighted by Crippen LogP contribution is 2.43. The summed E-state index contributed by atoms with van der Waals surface area (Å²) < 4.78 is 17.0. The number of carbonyl (C=O) groups excluding carboxylic acids is 3. The monoisotopic (exact) mass is 489 g/mol. The fourth-order valence-electron chi connectivity index (χ4n) is 4.47. The molecule has 0 fully saturated rings. The van der Waals surface area contributed by atoms with Crippen molar-refractivity contribution in [3.05, 3.63) is 64.7 Å². The largest absolute Gasteiger partial charge is 0.493 e. The number of aryl methyl sites for hydroxylation is 1. The topological polar surface area (TPSA) is 82.1 Å². The van der Waals surface area contributed by atoms with Gasteiger partial charge in [0, 0.05) is 5.39 Å².